The van der Waals surface area contributed by atoms with E-state index in [0.717, 1.165) is 11.1 Å². The van der Waals surface area contributed by atoms with E-state index in [2.05, 4.69) is 10.4 Å². The Morgan fingerprint density at radius 2 is 1.55 bits per heavy atom. The monoisotopic (exact) mass is 385 g/mol. The van der Waals surface area contributed by atoms with Gasteiger partial charge in [0.1, 0.15) is 11.5 Å². The summed E-state index contributed by atoms with van der Waals surface area (Å²) in [6.07, 6.45) is 0. The van der Waals surface area contributed by atoms with Crippen LogP contribution < -0.4 is 5.32 Å². The molecule has 0 unspecified atom stereocenters. The van der Waals surface area contributed by atoms with Crippen molar-refractivity contribution in [3.63, 3.8) is 0 Å². The molecule has 1 N–H and O–H groups in total. The molecule has 1 amide bonds. The van der Waals surface area contributed by atoms with Crippen LogP contribution in [0.3, 0.4) is 0 Å². The molecule has 4 rings (SSSR count). The van der Waals surface area contributed by atoms with Gasteiger partial charge in [-0.05, 0) is 42.8 Å². The third kappa shape index (κ3) is 4.09. The number of carbonyl (C=O) groups is 1. The van der Waals surface area contributed by atoms with Gasteiger partial charge in [-0.3, -0.25) is 4.79 Å². The lowest BCUT2D eigenvalue weighted by molar-refractivity contribution is 0.0932. The first-order chi connectivity index (χ1) is 14.1. The minimum Gasteiger partial charge on any atom is -0.344 e. The van der Waals surface area contributed by atoms with Crippen molar-refractivity contribution in [3.05, 3.63) is 108 Å². The molecular formula is C24H20FN3O. The minimum atomic E-state index is -0.340. The van der Waals surface area contributed by atoms with Gasteiger partial charge in [0.15, 0.2) is 0 Å². The van der Waals surface area contributed by atoms with E-state index in [-0.39, 0.29) is 17.8 Å². The van der Waals surface area contributed by atoms with Gasteiger partial charge < -0.3 is 5.32 Å². The summed E-state index contributed by atoms with van der Waals surface area (Å²) in [5, 5.41) is 7.64. The van der Waals surface area contributed by atoms with Crippen LogP contribution >= 0.6 is 0 Å². The summed E-state index contributed by atoms with van der Waals surface area (Å²) >= 11 is 0. The SMILES string of the molecule is C[C@H](NC(=O)c1cc(-c2ccccc2)nn1-c1ccc(F)cc1)c1ccccc1. The lowest BCUT2D eigenvalue weighted by atomic mass is 10.1. The highest BCUT2D eigenvalue weighted by Gasteiger charge is 2.19. The predicted molar refractivity (Wildman–Crippen MR) is 111 cm³/mol. The van der Waals surface area contributed by atoms with Crippen LogP contribution in [0, 0.1) is 5.82 Å². The van der Waals surface area contributed by atoms with Gasteiger partial charge in [0.05, 0.1) is 17.4 Å². The van der Waals surface area contributed by atoms with Gasteiger partial charge in [-0.1, -0.05) is 60.7 Å². The van der Waals surface area contributed by atoms with E-state index in [4.69, 9.17) is 0 Å². The van der Waals surface area contributed by atoms with E-state index in [0.29, 0.717) is 17.1 Å². The first-order valence-electron chi connectivity index (χ1n) is 9.39. The van der Waals surface area contributed by atoms with Gasteiger partial charge in [-0.2, -0.15) is 5.10 Å². The number of halogens is 1. The maximum absolute atomic E-state index is 13.4. The first-order valence-corrected chi connectivity index (χ1v) is 9.39. The molecule has 0 saturated heterocycles. The number of amides is 1. The first kappa shape index (κ1) is 18.6. The van der Waals surface area contributed by atoms with Crippen LogP contribution in [0.15, 0.2) is 91.0 Å². The minimum absolute atomic E-state index is 0.166. The maximum atomic E-state index is 13.4. The molecule has 1 heterocycles. The average Bonchev–Trinajstić information content (AvgIpc) is 3.21. The summed E-state index contributed by atoms with van der Waals surface area (Å²) < 4.78 is 14.9. The number of nitrogens with zero attached hydrogens (tertiary/aromatic N) is 2. The molecule has 3 aromatic carbocycles. The number of hydrogen-bond donors (Lipinski definition) is 1. The Morgan fingerprint density at radius 3 is 2.21 bits per heavy atom. The van der Waals surface area contributed by atoms with E-state index >= 15 is 0 Å². The van der Waals surface area contributed by atoms with Gasteiger partial charge in [0, 0.05) is 5.56 Å². The Labute approximate surface area is 168 Å². The highest BCUT2D eigenvalue weighted by atomic mass is 19.1. The molecular weight excluding hydrogens is 365 g/mol. The molecule has 29 heavy (non-hydrogen) atoms. The van der Waals surface area contributed by atoms with Crippen LogP contribution in [-0.2, 0) is 0 Å². The molecule has 0 bridgehead atoms. The van der Waals surface area contributed by atoms with Crippen LogP contribution in [0.4, 0.5) is 4.39 Å². The van der Waals surface area contributed by atoms with Crippen LogP contribution in [0.2, 0.25) is 0 Å². The summed E-state index contributed by atoms with van der Waals surface area (Å²) in [7, 11) is 0. The summed E-state index contributed by atoms with van der Waals surface area (Å²) in [6, 6.07) is 26.9. The normalized spacial score (nSPS) is 11.8. The zero-order valence-electron chi connectivity index (χ0n) is 15.9. The van der Waals surface area contributed by atoms with Crippen LogP contribution in [0.5, 0.6) is 0 Å². The van der Waals surface area contributed by atoms with Crippen molar-refractivity contribution in [2.45, 2.75) is 13.0 Å². The molecule has 0 radical (unpaired) electrons. The summed E-state index contributed by atoms with van der Waals surface area (Å²) in [5.74, 6) is -0.590. The highest BCUT2D eigenvalue weighted by molar-refractivity contribution is 5.94. The Kier molecular flexibility index (Phi) is 5.20. The van der Waals surface area contributed by atoms with Gasteiger partial charge in [-0.15, -0.1) is 0 Å². The molecule has 0 aliphatic heterocycles. The fourth-order valence-corrected chi connectivity index (χ4v) is 3.17. The van der Waals surface area contributed by atoms with Gasteiger partial charge in [0.25, 0.3) is 5.91 Å². The van der Waals surface area contributed by atoms with E-state index in [1.54, 1.807) is 22.9 Å². The molecule has 0 aliphatic rings. The van der Waals surface area contributed by atoms with Crippen molar-refractivity contribution in [3.8, 4) is 16.9 Å². The van der Waals surface area contributed by atoms with Crippen molar-refractivity contribution in [2.24, 2.45) is 0 Å². The second-order valence-corrected chi connectivity index (χ2v) is 6.77. The summed E-state index contributed by atoms with van der Waals surface area (Å²) in [5.41, 5.74) is 3.59. The second kappa shape index (κ2) is 8.10. The summed E-state index contributed by atoms with van der Waals surface area (Å²) in [6.45, 7) is 1.93. The Bertz CT molecular complexity index is 1110. The van der Waals surface area contributed by atoms with Crippen LogP contribution in [-0.4, -0.2) is 15.7 Å². The van der Waals surface area contributed by atoms with Crippen molar-refractivity contribution in [1.82, 2.24) is 15.1 Å². The highest BCUT2D eigenvalue weighted by Crippen LogP contribution is 2.23. The van der Waals surface area contributed by atoms with E-state index in [9.17, 15) is 9.18 Å². The van der Waals surface area contributed by atoms with Crippen LogP contribution in [0.1, 0.15) is 29.0 Å². The average molecular weight is 385 g/mol. The number of benzene rings is 3. The van der Waals surface area contributed by atoms with Crippen LogP contribution in [0.25, 0.3) is 16.9 Å². The smallest absolute Gasteiger partial charge is 0.270 e. The summed E-state index contributed by atoms with van der Waals surface area (Å²) in [4.78, 5) is 13.1. The molecule has 144 valence electrons. The maximum Gasteiger partial charge on any atom is 0.270 e. The lowest BCUT2D eigenvalue weighted by Gasteiger charge is -2.15. The van der Waals surface area contributed by atoms with Gasteiger partial charge >= 0.3 is 0 Å². The second-order valence-electron chi connectivity index (χ2n) is 6.77. The van der Waals surface area contributed by atoms with E-state index in [1.165, 1.54) is 12.1 Å². The molecule has 4 aromatic rings. The number of aromatic nitrogens is 2. The number of rotatable bonds is 5. The fraction of sp³-hybridized carbons (Fsp3) is 0.0833. The van der Waals surface area contributed by atoms with E-state index < -0.39 is 0 Å². The van der Waals surface area contributed by atoms with Gasteiger partial charge in [0.2, 0.25) is 0 Å². The van der Waals surface area contributed by atoms with Gasteiger partial charge in [-0.25, -0.2) is 9.07 Å². The molecule has 1 atom stereocenters. The van der Waals surface area contributed by atoms with E-state index in [1.807, 2.05) is 67.6 Å². The third-order valence-electron chi connectivity index (χ3n) is 4.73. The Morgan fingerprint density at radius 1 is 0.931 bits per heavy atom. The Hall–Kier alpha value is -3.73. The molecule has 0 spiro atoms. The fourth-order valence-electron chi connectivity index (χ4n) is 3.17. The quantitative estimate of drug-likeness (QED) is 0.515. The standard InChI is InChI=1S/C24H20FN3O/c1-17(18-8-4-2-5-9-18)26-24(29)23-16-22(19-10-6-3-7-11-19)27-28(23)21-14-12-20(25)13-15-21/h2-17H,1H3,(H,26,29)/t17-/m0/s1. The lowest BCUT2D eigenvalue weighted by Crippen LogP contribution is -2.28. The number of carbonyl (C=O) groups excluding carboxylic acids is 1. The predicted octanol–water partition coefficient (Wildman–Crippen LogP) is 5.17. The largest absolute Gasteiger partial charge is 0.344 e. The third-order valence-corrected chi connectivity index (χ3v) is 4.73. The zero-order chi connectivity index (χ0) is 20.2. The number of hydrogen-bond acceptors (Lipinski definition) is 2. The van der Waals surface area contributed by atoms with Crippen molar-refractivity contribution in [1.29, 1.82) is 0 Å². The molecule has 0 fully saturated rings. The number of nitrogens with one attached hydrogen (secondary N) is 1. The van der Waals surface area contributed by atoms with Crippen molar-refractivity contribution in [2.75, 3.05) is 0 Å². The zero-order valence-corrected chi connectivity index (χ0v) is 15.9. The topological polar surface area (TPSA) is 46.9 Å². The molecule has 4 nitrogen and oxygen atoms in total. The molecule has 1 aromatic heterocycles. The molecule has 0 aliphatic carbocycles. The van der Waals surface area contributed by atoms with Crippen molar-refractivity contribution >= 4 is 5.91 Å². The molecule has 0 saturated carbocycles. The molecule has 5 heteroatoms. The van der Waals surface area contributed by atoms with Crippen molar-refractivity contribution < 1.29 is 9.18 Å². The Balaban J connectivity index is 1.71.